The van der Waals surface area contributed by atoms with E-state index in [0.29, 0.717) is 23.4 Å². The number of anilines is 1. The number of nitrogens with one attached hydrogen (secondary N) is 1. The normalized spacial score (nSPS) is 11.3. The van der Waals surface area contributed by atoms with Crippen LogP contribution in [0.4, 0.5) is 10.1 Å². The maximum absolute atomic E-state index is 13.3. The lowest BCUT2D eigenvalue weighted by Gasteiger charge is -2.22. The summed E-state index contributed by atoms with van der Waals surface area (Å²) in [7, 11) is -4.01. The second-order valence-electron chi connectivity index (χ2n) is 7.83. The van der Waals surface area contributed by atoms with E-state index in [0.717, 1.165) is 17.1 Å². The monoisotopic (exact) mass is 498 g/mol. The van der Waals surface area contributed by atoms with E-state index in [2.05, 4.69) is 5.32 Å². The maximum atomic E-state index is 13.3. The van der Waals surface area contributed by atoms with Gasteiger partial charge in [-0.25, -0.2) is 17.6 Å². The number of benzene rings is 3. The Bertz CT molecular complexity index is 1230. The van der Waals surface area contributed by atoms with E-state index in [4.69, 9.17) is 4.74 Å². The predicted molar refractivity (Wildman–Crippen MR) is 131 cm³/mol. The Hall–Kier alpha value is -3.56. The number of esters is 1. The molecule has 184 valence electrons. The molecule has 9 heteroatoms. The number of nitrogens with zero attached hydrogens (tertiary/aromatic N) is 1. The molecule has 0 spiro atoms. The highest BCUT2D eigenvalue weighted by Gasteiger charge is 2.27. The summed E-state index contributed by atoms with van der Waals surface area (Å²) in [4.78, 5) is 24.8. The molecule has 0 fully saturated rings. The number of ether oxygens (including phenoxy) is 1. The quantitative estimate of drug-likeness (QED) is 0.308. The molecule has 0 unspecified atom stereocenters. The van der Waals surface area contributed by atoms with Gasteiger partial charge in [0.2, 0.25) is 15.9 Å². The van der Waals surface area contributed by atoms with Gasteiger partial charge in [0.1, 0.15) is 5.82 Å². The first-order chi connectivity index (χ1) is 16.8. The van der Waals surface area contributed by atoms with Gasteiger partial charge in [-0.3, -0.25) is 4.79 Å². The van der Waals surface area contributed by atoms with Crippen LogP contribution in [0.1, 0.15) is 35.7 Å². The Morgan fingerprint density at radius 1 is 0.943 bits per heavy atom. The molecule has 0 aromatic heterocycles. The van der Waals surface area contributed by atoms with Gasteiger partial charge in [0.25, 0.3) is 0 Å². The van der Waals surface area contributed by atoms with Crippen LogP contribution in [0.15, 0.2) is 83.8 Å². The summed E-state index contributed by atoms with van der Waals surface area (Å²) in [6.07, 6.45) is 1.69. The molecule has 1 N–H and O–H groups in total. The van der Waals surface area contributed by atoms with Crippen molar-refractivity contribution in [1.82, 2.24) is 4.31 Å². The summed E-state index contributed by atoms with van der Waals surface area (Å²) in [5, 5.41) is 2.65. The van der Waals surface area contributed by atoms with E-state index in [1.165, 1.54) is 48.5 Å². The average Bonchev–Trinajstić information content (AvgIpc) is 2.86. The highest BCUT2D eigenvalue weighted by atomic mass is 32.2. The van der Waals surface area contributed by atoms with Crippen molar-refractivity contribution < 1.29 is 27.1 Å². The third kappa shape index (κ3) is 7.46. The van der Waals surface area contributed by atoms with Crippen molar-refractivity contribution in [3.05, 3.63) is 95.8 Å². The molecule has 3 aromatic rings. The molecule has 3 rings (SSSR count). The molecule has 1 amide bonds. The maximum Gasteiger partial charge on any atom is 0.338 e. The zero-order valence-corrected chi connectivity index (χ0v) is 20.1. The summed E-state index contributed by atoms with van der Waals surface area (Å²) in [6, 6.07) is 19.3. The summed E-state index contributed by atoms with van der Waals surface area (Å²) >= 11 is 0. The van der Waals surface area contributed by atoms with Crippen molar-refractivity contribution in [3.63, 3.8) is 0 Å². The van der Waals surface area contributed by atoms with Crippen LogP contribution in [0.5, 0.6) is 0 Å². The number of halogens is 1. The first-order valence-electron chi connectivity index (χ1n) is 11.2. The van der Waals surface area contributed by atoms with Gasteiger partial charge >= 0.3 is 5.97 Å². The fourth-order valence-corrected chi connectivity index (χ4v) is 4.61. The van der Waals surface area contributed by atoms with Crippen molar-refractivity contribution in [2.45, 2.75) is 31.2 Å². The standard InChI is InChI=1S/C26H27FN2O5S/c1-2-3-17-34-26(31)21-11-15-23(16-12-21)28-25(30)19-29(18-20-9-13-22(27)14-10-20)35(32,33)24-7-5-4-6-8-24/h4-16H,2-3,17-19H2,1H3,(H,28,30). The van der Waals surface area contributed by atoms with Gasteiger partial charge in [-0.1, -0.05) is 43.7 Å². The molecule has 0 aliphatic rings. The molecule has 0 saturated heterocycles. The van der Waals surface area contributed by atoms with Crippen LogP contribution in [-0.2, 0) is 26.1 Å². The van der Waals surface area contributed by atoms with Gasteiger partial charge < -0.3 is 10.1 Å². The van der Waals surface area contributed by atoms with Gasteiger partial charge in [0, 0.05) is 12.2 Å². The first-order valence-corrected chi connectivity index (χ1v) is 12.6. The molecule has 0 heterocycles. The topological polar surface area (TPSA) is 92.8 Å². The van der Waals surface area contributed by atoms with Crippen molar-refractivity contribution in [1.29, 1.82) is 0 Å². The van der Waals surface area contributed by atoms with Gasteiger partial charge in [0.15, 0.2) is 0 Å². The minimum atomic E-state index is -4.01. The average molecular weight is 499 g/mol. The van der Waals surface area contributed by atoms with E-state index in [1.807, 2.05) is 6.92 Å². The highest BCUT2D eigenvalue weighted by Crippen LogP contribution is 2.19. The molecule has 7 nitrogen and oxygen atoms in total. The molecule has 0 aliphatic carbocycles. The van der Waals surface area contributed by atoms with Crippen molar-refractivity contribution in [2.24, 2.45) is 0 Å². The van der Waals surface area contributed by atoms with E-state index in [9.17, 15) is 22.4 Å². The number of hydrogen-bond donors (Lipinski definition) is 1. The first kappa shape index (κ1) is 26.1. The lowest BCUT2D eigenvalue weighted by molar-refractivity contribution is -0.116. The molecule has 35 heavy (non-hydrogen) atoms. The smallest absolute Gasteiger partial charge is 0.338 e. The number of hydrogen-bond acceptors (Lipinski definition) is 5. The van der Waals surface area contributed by atoms with Crippen LogP contribution >= 0.6 is 0 Å². The van der Waals surface area contributed by atoms with Crippen LogP contribution in [-0.4, -0.2) is 37.8 Å². The fraction of sp³-hybridized carbons (Fsp3) is 0.231. The molecular formula is C26H27FN2O5S. The highest BCUT2D eigenvalue weighted by molar-refractivity contribution is 7.89. The van der Waals surface area contributed by atoms with Crippen molar-refractivity contribution in [3.8, 4) is 0 Å². The Kier molecular flexibility index (Phi) is 9.11. The molecule has 0 atom stereocenters. The summed E-state index contributed by atoms with van der Waals surface area (Å²) in [5.74, 6) is -1.46. The van der Waals surface area contributed by atoms with Gasteiger partial charge in [-0.05, 0) is 60.5 Å². The molecule has 3 aromatic carbocycles. The fourth-order valence-electron chi connectivity index (χ4n) is 3.20. The molecule has 0 saturated carbocycles. The number of unbranched alkanes of at least 4 members (excludes halogenated alkanes) is 1. The predicted octanol–water partition coefficient (Wildman–Crippen LogP) is 4.61. The van der Waals surface area contributed by atoms with Crippen LogP contribution in [0, 0.1) is 5.82 Å². The van der Waals surface area contributed by atoms with Gasteiger partial charge in [-0.15, -0.1) is 0 Å². The molecular weight excluding hydrogens is 471 g/mol. The third-order valence-corrected chi connectivity index (χ3v) is 6.91. The van der Waals surface area contributed by atoms with E-state index in [-0.39, 0.29) is 11.4 Å². The van der Waals surface area contributed by atoms with Crippen LogP contribution < -0.4 is 5.32 Å². The lowest BCUT2D eigenvalue weighted by Crippen LogP contribution is -2.37. The molecule has 0 radical (unpaired) electrons. The number of carbonyl (C=O) groups excluding carboxylic acids is 2. The Morgan fingerprint density at radius 3 is 2.23 bits per heavy atom. The van der Waals surface area contributed by atoms with Gasteiger partial charge in [0.05, 0.1) is 23.6 Å². The van der Waals surface area contributed by atoms with E-state index in [1.54, 1.807) is 30.3 Å². The number of amides is 1. The minimum Gasteiger partial charge on any atom is -0.462 e. The second-order valence-corrected chi connectivity index (χ2v) is 9.77. The van der Waals surface area contributed by atoms with E-state index >= 15 is 0 Å². The van der Waals surface area contributed by atoms with Crippen LogP contribution in [0.2, 0.25) is 0 Å². The lowest BCUT2D eigenvalue weighted by atomic mass is 10.2. The largest absolute Gasteiger partial charge is 0.462 e. The Balaban J connectivity index is 1.72. The van der Waals surface area contributed by atoms with Crippen LogP contribution in [0.25, 0.3) is 0 Å². The third-order valence-electron chi connectivity index (χ3n) is 5.11. The second kappa shape index (κ2) is 12.2. The number of rotatable bonds is 11. The van der Waals surface area contributed by atoms with Crippen LogP contribution in [0.3, 0.4) is 0 Å². The summed E-state index contributed by atoms with van der Waals surface area (Å²) in [6.45, 7) is 1.76. The zero-order valence-electron chi connectivity index (χ0n) is 19.3. The zero-order chi connectivity index (χ0) is 25.3. The van der Waals surface area contributed by atoms with Gasteiger partial charge in [-0.2, -0.15) is 4.31 Å². The number of sulfonamides is 1. The van der Waals surface area contributed by atoms with Crippen molar-refractivity contribution >= 4 is 27.6 Å². The SMILES string of the molecule is CCCCOC(=O)c1ccc(NC(=O)CN(Cc2ccc(F)cc2)S(=O)(=O)c2ccccc2)cc1. The van der Waals surface area contributed by atoms with E-state index < -0.39 is 34.3 Å². The Labute approximate surface area is 204 Å². The molecule has 0 aliphatic heterocycles. The summed E-state index contributed by atoms with van der Waals surface area (Å²) in [5.41, 5.74) is 1.28. The number of carbonyl (C=O) groups is 2. The summed E-state index contributed by atoms with van der Waals surface area (Å²) < 4.78 is 46.0. The Morgan fingerprint density at radius 2 is 1.60 bits per heavy atom. The molecule has 0 bridgehead atoms. The van der Waals surface area contributed by atoms with Crippen molar-refractivity contribution in [2.75, 3.05) is 18.5 Å². The minimum absolute atomic E-state index is 0.0425.